The summed E-state index contributed by atoms with van der Waals surface area (Å²) in [6.07, 6.45) is 37.4. The fraction of sp³-hybridized carbons (Fsp3) is 0.343. The monoisotopic (exact) mass is 1780 g/mol. The quantitative estimate of drug-likeness (QED) is 0.107. The predicted octanol–water partition coefficient (Wildman–Crippen LogP) is 16.4. The molecule has 31 nitrogen and oxygen atoms in total. The highest BCUT2D eigenvalue weighted by Crippen LogP contribution is 2.38. The Morgan fingerprint density at radius 2 is 0.684 bits per heavy atom. The van der Waals surface area contributed by atoms with Gasteiger partial charge in [0.2, 0.25) is 41.5 Å². The molecule has 6 aliphatic rings. The largest absolute Gasteiger partial charge is 0.344 e. The molecule has 1 saturated carbocycles. The van der Waals surface area contributed by atoms with Gasteiger partial charge in [0, 0.05) is 189 Å². The second-order valence-corrected chi connectivity index (χ2v) is 35.9. The number of fused-ring (bicyclic) bond motifs is 21. The van der Waals surface area contributed by atoms with Crippen LogP contribution in [0.1, 0.15) is 136 Å². The summed E-state index contributed by atoms with van der Waals surface area (Å²) in [5.74, 6) is 1.28. The summed E-state index contributed by atoms with van der Waals surface area (Å²) in [6, 6.07) is 50.5. The molecule has 6 bridgehead atoms. The average Bonchev–Trinajstić information content (AvgIpc) is 1.61. The normalized spacial score (nSPS) is 17.2. The maximum Gasteiger partial charge on any atom is 0.278 e. The van der Waals surface area contributed by atoms with Crippen LogP contribution < -0.4 is 47.3 Å². The smallest absolute Gasteiger partial charge is 0.278 e. The van der Waals surface area contributed by atoms with Crippen LogP contribution in [0.25, 0.3) is 82.9 Å². The van der Waals surface area contributed by atoms with Gasteiger partial charge in [-0.3, -0.25) is 33.6 Å². The second kappa shape index (κ2) is 38.1. The minimum Gasteiger partial charge on any atom is -0.344 e. The highest BCUT2D eigenvalue weighted by molar-refractivity contribution is 5.95. The molecule has 9 aromatic heterocycles. The summed E-state index contributed by atoms with van der Waals surface area (Å²) in [5.41, 5.74) is 11.8. The molecule has 21 rings (SSSR count). The number of piperidine rings is 2. The molecule has 3 N–H and O–H groups in total. The standard InChI is InChI=1S/C35H40N8O2.C34H36N8O3.C33H36N8O2/c1-24(44)40-18-6-4-5-7-19-42-34(45)31-23-36-35(38-33(31)43(42)30-10-8-9-29(40)22-30)37-26-11-16-32-25(21-26)17-20-41(32)28-14-12-27(13-15-28)39(2)3;1-23(43)38-17-13-27(14-18-38)40-19-12-25-20-26(10-11-31(25)40)36-34-35-22-30-32(37-34)42-29-9-7-8-28(21-29)39(24(2)44)15-5-3-4-6-16-41(42)33(30)45;1-23(42)38-15-5-3-4-6-16-40-32(43)29-22-34-33(36-31(29)41(40)28-9-7-8-27(38)21-28)35-25-10-11-30-24(20-25)12-19-39(30)26-13-17-37(2)18-14-26/h5,7-11,16-17,20-23,27-28H,4,6,12-15,18-19H2,1-3H3,(H,36,37,38);4,6-12,19-22,27H,3,5,13-18H2,1-2H3,(H,35,36,37);4,6-12,19-22,26H,3,5,13-18H2,1-2H3,(H,34,35,36). The summed E-state index contributed by atoms with van der Waals surface area (Å²) in [6.45, 7) is 13.3. The van der Waals surface area contributed by atoms with Gasteiger partial charge >= 0.3 is 0 Å². The number of carbonyl (C=O) groups excluding carboxylic acids is 4. The van der Waals surface area contributed by atoms with Crippen molar-refractivity contribution >= 4 is 141 Å². The molecular weight excluding hydrogens is 1670 g/mol. The number of hydrogen-bond donors (Lipinski definition) is 3. The molecule has 0 spiro atoms. The van der Waals surface area contributed by atoms with Crippen LogP contribution in [0.3, 0.4) is 0 Å². The Morgan fingerprint density at radius 3 is 1.01 bits per heavy atom. The Bertz CT molecular complexity index is 7220. The molecule has 5 aliphatic heterocycles. The first-order valence-corrected chi connectivity index (χ1v) is 46.5. The fourth-order valence-electron chi connectivity index (χ4n) is 20.0. The third-order valence-electron chi connectivity index (χ3n) is 27.0. The average molecular weight is 1790 g/mol. The molecule has 14 heterocycles. The zero-order chi connectivity index (χ0) is 91.7. The van der Waals surface area contributed by atoms with Gasteiger partial charge in [-0.2, -0.15) is 15.0 Å². The number of aromatic nitrogens is 15. The molecule has 1 aliphatic carbocycles. The molecule has 15 aromatic rings. The molecular formula is C102H112N24O7. The van der Waals surface area contributed by atoms with E-state index in [9.17, 15) is 33.6 Å². The van der Waals surface area contributed by atoms with Gasteiger partial charge in [-0.15, -0.1) is 0 Å². The summed E-state index contributed by atoms with van der Waals surface area (Å²) in [4.78, 5) is 130. The maximum atomic E-state index is 13.6. The van der Waals surface area contributed by atoms with E-state index in [-0.39, 0.29) is 40.3 Å². The third-order valence-corrected chi connectivity index (χ3v) is 27.0. The van der Waals surface area contributed by atoms with Gasteiger partial charge in [0.05, 0.1) is 36.7 Å². The van der Waals surface area contributed by atoms with Crippen LogP contribution in [-0.4, -0.2) is 183 Å². The van der Waals surface area contributed by atoms with E-state index in [1.165, 1.54) is 42.1 Å². The fourth-order valence-corrected chi connectivity index (χ4v) is 20.0. The highest BCUT2D eigenvalue weighted by Gasteiger charge is 2.30. The summed E-state index contributed by atoms with van der Waals surface area (Å²) in [5, 5.41) is 14.8. The second-order valence-electron chi connectivity index (χ2n) is 35.9. The number of benzene rings is 6. The van der Waals surface area contributed by atoms with E-state index in [1.807, 2.05) is 116 Å². The number of likely N-dealkylation sites (tertiary alicyclic amines) is 2. The van der Waals surface area contributed by atoms with E-state index >= 15 is 0 Å². The van der Waals surface area contributed by atoms with Crippen LogP contribution in [0, 0.1) is 0 Å². The maximum absolute atomic E-state index is 13.6. The lowest BCUT2D eigenvalue weighted by Gasteiger charge is -2.33. The first-order valence-electron chi connectivity index (χ1n) is 46.5. The van der Waals surface area contributed by atoms with Crippen LogP contribution in [0.5, 0.6) is 0 Å². The molecule has 0 radical (unpaired) electrons. The van der Waals surface area contributed by atoms with Gasteiger partial charge in [-0.05, 0) is 252 Å². The van der Waals surface area contributed by atoms with Gasteiger partial charge < -0.3 is 59.1 Å². The lowest BCUT2D eigenvalue weighted by molar-refractivity contribution is -0.130. The van der Waals surface area contributed by atoms with Gasteiger partial charge in [-0.1, -0.05) is 54.7 Å². The van der Waals surface area contributed by atoms with E-state index in [2.05, 4.69) is 179 Å². The number of rotatable bonds is 10. The van der Waals surface area contributed by atoms with E-state index in [0.717, 1.165) is 158 Å². The first-order chi connectivity index (χ1) is 64.7. The SMILES string of the molecule is CC(=O)N1CCC(n2ccc3cc(Nc4ncc5c(=O)n6n(c5n4)-c4cccc(c4)N(C(C)=O)CCCC=CC6)ccc32)CC1.CC(=O)N1CCCC=CCn2c(=O)c3cnc(Nc4ccc5c(ccn5C5CCC(N(C)C)CC5)c4)nc3n2-c2cccc1c2.CC(=O)N1CCCC=CCn2c(=O)c3cnc(Nc4ccc5c(ccn5C5CCN(C)CC5)c4)nc3n2-c2cccc1c2. The zero-order valence-corrected chi connectivity index (χ0v) is 76.3. The molecule has 0 unspecified atom stereocenters. The van der Waals surface area contributed by atoms with Crippen molar-refractivity contribution < 1.29 is 19.2 Å². The van der Waals surface area contributed by atoms with Gasteiger partial charge in [-0.25, -0.2) is 43.0 Å². The van der Waals surface area contributed by atoms with Crippen molar-refractivity contribution in [3.8, 4) is 17.1 Å². The Hall–Kier alpha value is -14.6. The van der Waals surface area contributed by atoms with Gasteiger partial charge in [0.15, 0.2) is 16.9 Å². The Morgan fingerprint density at radius 1 is 0.361 bits per heavy atom. The zero-order valence-electron chi connectivity index (χ0n) is 76.3. The number of anilines is 9. The van der Waals surface area contributed by atoms with Crippen LogP contribution in [0.15, 0.2) is 234 Å². The van der Waals surface area contributed by atoms with Crippen molar-refractivity contribution in [2.75, 3.05) is 97.6 Å². The molecule has 3 fully saturated rings. The van der Waals surface area contributed by atoms with Crippen LogP contribution in [0.4, 0.5) is 52.0 Å². The van der Waals surface area contributed by atoms with Crippen molar-refractivity contribution in [1.29, 1.82) is 0 Å². The van der Waals surface area contributed by atoms with Crippen molar-refractivity contribution in [3.63, 3.8) is 0 Å². The Kier molecular flexibility index (Phi) is 25.1. The molecule has 0 atom stereocenters. The van der Waals surface area contributed by atoms with Crippen molar-refractivity contribution in [3.05, 3.63) is 250 Å². The topological polar surface area (TPSA) is 297 Å². The Labute approximate surface area is 769 Å². The van der Waals surface area contributed by atoms with Crippen LogP contribution >= 0.6 is 0 Å². The summed E-state index contributed by atoms with van der Waals surface area (Å²) in [7, 11) is 6.55. The van der Waals surface area contributed by atoms with E-state index in [0.29, 0.717) is 114 Å². The van der Waals surface area contributed by atoms with Crippen molar-refractivity contribution in [2.24, 2.45) is 0 Å². The highest BCUT2D eigenvalue weighted by atomic mass is 16.2. The van der Waals surface area contributed by atoms with E-state index < -0.39 is 0 Å². The van der Waals surface area contributed by atoms with Gasteiger partial charge in [0.25, 0.3) is 16.7 Å². The lowest BCUT2D eigenvalue weighted by atomic mass is 9.90. The first kappa shape index (κ1) is 87.7. The summed E-state index contributed by atoms with van der Waals surface area (Å²) < 4.78 is 17.7. The van der Waals surface area contributed by atoms with Crippen molar-refractivity contribution in [2.45, 2.75) is 161 Å². The minimum absolute atomic E-state index is 0.0132. The van der Waals surface area contributed by atoms with Crippen LogP contribution in [-0.2, 0) is 38.8 Å². The molecule has 133 heavy (non-hydrogen) atoms. The number of carbonyl (C=O) groups is 4. The third kappa shape index (κ3) is 18.2. The number of hydrogen-bond acceptors (Lipinski definition) is 18. The number of amides is 4. The summed E-state index contributed by atoms with van der Waals surface area (Å²) >= 11 is 0. The molecule has 4 amide bonds. The lowest BCUT2D eigenvalue weighted by Crippen LogP contribution is -2.37. The van der Waals surface area contributed by atoms with E-state index in [4.69, 9.17) is 15.0 Å². The molecule has 31 heteroatoms. The molecule has 2 saturated heterocycles. The number of nitrogens with one attached hydrogen (secondary N) is 3. The number of nitrogens with zero attached hydrogens (tertiary/aromatic N) is 21. The predicted molar refractivity (Wildman–Crippen MR) is 526 cm³/mol. The molecule has 6 aromatic carbocycles. The minimum atomic E-state index is -0.177. The van der Waals surface area contributed by atoms with Crippen molar-refractivity contribution in [1.82, 2.24) is 86.4 Å². The Balaban J connectivity index is 0.000000129. The molecule has 682 valence electrons. The van der Waals surface area contributed by atoms with E-state index in [1.54, 1.807) is 75.0 Å². The number of allylic oxidation sites excluding steroid dienone is 6. The van der Waals surface area contributed by atoms with Crippen LogP contribution in [0.2, 0.25) is 0 Å². The van der Waals surface area contributed by atoms with Gasteiger partial charge in [0.1, 0.15) is 16.2 Å².